The van der Waals surface area contributed by atoms with E-state index in [2.05, 4.69) is 0 Å². The number of thioether (sulfide) groups is 1. The third kappa shape index (κ3) is 3.13. The van der Waals surface area contributed by atoms with Crippen LogP contribution in [0.4, 0.5) is 0 Å². The number of halogens is 2. The zero-order valence-electron chi connectivity index (χ0n) is 8.00. The minimum absolute atomic E-state index is 0.323. The molecule has 0 atom stereocenters. The summed E-state index contributed by atoms with van der Waals surface area (Å²) in [7, 11) is 0. The van der Waals surface area contributed by atoms with Crippen LogP contribution in [-0.4, -0.2) is 11.5 Å². The topological polar surface area (TPSA) is 17.1 Å². The number of rotatable bonds is 4. The summed E-state index contributed by atoms with van der Waals surface area (Å²) < 4.78 is 0. The zero-order chi connectivity index (χ0) is 10.8. The van der Waals surface area contributed by atoms with Gasteiger partial charge in [0.15, 0.2) is 0 Å². The molecule has 0 aromatic heterocycles. The summed E-state index contributed by atoms with van der Waals surface area (Å²) in [6.07, 6.45) is 2.13. The molecular weight excluding hydrogens is 251 g/mol. The van der Waals surface area contributed by atoms with Crippen molar-refractivity contribution in [2.45, 2.75) is 17.7 Å². The lowest BCUT2D eigenvalue weighted by Crippen LogP contribution is -2.03. The fourth-order valence-corrected chi connectivity index (χ4v) is 2.73. The van der Waals surface area contributed by atoms with Gasteiger partial charge in [-0.25, -0.2) is 0 Å². The average Bonchev–Trinajstić information content (AvgIpc) is 2.99. The van der Waals surface area contributed by atoms with Gasteiger partial charge in [0, 0.05) is 15.8 Å². The van der Waals surface area contributed by atoms with Gasteiger partial charge in [-0.1, -0.05) is 23.2 Å². The Balaban J connectivity index is 1.95. The van der Waals surface area contributed by atoms with E-state index in [1.165, 1.54) is 11.8 Å². The summed E-state index contributed by atoms with van der Waals surface area (Å²) in [5.74, 6) is 1.18. The Kier molecular flexibility index (Phi) is 3.60. The predicted octanol–water partition coefficient (Wildman–Crippen LogP) is 4.06. The van der Waals surface area contributed by atoms with Crippen molar-refractivity contribution in [1.82, 2.24) is 0 Å². The first-order valence-corrected chi connectivity index (χ1v) is 6.51. The van der Waals surface area contributed by atoms with Crippen LogP contribution < -0.4 is 0 Å². The van der Waals surface area contributed by atoms with Crippen molar-refractivity contribution in [1.29, 1.82) is 0 Å². The maximum Gasteiger partial charge on any atom is 0.146 e. The molecule has 1 fully saturated rings. The Labute approximate surface area is 103 Å². The van der Waals surface area contributed by atoms with Crippen molar-refractivity contribution in [2.75, 3.05) is 5.75 Å². The van der Waals surface area contributed by atoms with Gasteiger partial charge in [-0.3, -0.25) is 4.79 Å². The Bertz CT molecular complexity index is 388. The summed E-state index contributed by atoms with van der Waals surface area (Å²) in [6.45, 7) is 0. The first-order chi connectivity index (χ1) is 7.16. The quantitative estimate of drug-likeness (QED) is 0.760. The molecule has 4 heteroatoms. The number of benzene rings is 1. The molecule has 1 saturated carbocycles. The average molecular weight is 261 g/mol. The molecule has 15 heavy (non-hydrogen) atoms. The molecule has 1 aromatic rings. The summed E-state index contributed by atoms with van der Waals surface area (Å²) in [4.78, 5) is 12.4. The molecule has 1 aliphatic carbocycles. The van der Waals surface area contributed by atoms with E-state index in [-0.39, 0.29) is 0 Å². The molecule has 1 nitrogen and oxygen atoms in total. The van der Waals surface area contributed by atoms with Crippen LogP contribution in [0.25, 0.3) is 0 Å². The number of Topliss-reactive ketones (excluding diaryl/α,β-unsaturated/α-hetero) is 1. The SMILES string of the molecule is O=C(CSc1ccc(Cl)cc1Cl)C1CC1. The smallest absolute Gasteiger partial charge is 0.146 e. The van der Waals surface area contributed by atoms with Crippen LogP contribution in [0.1, 0.15) is 12.8 Å². The van der Waals surface area contributed by atoms with Crippen molar-refractivity contribution in [2.24, 2.45) is 5.92 Å². The summed E-state index contributed by atoms with van der Waals surface area (Å²) in [6, 6.07) is 5.35. The molecule has 0 spiro atoms. The van der Waals surface area contributed by atoms with Crippen molar-refractivity contribution < 1.29 is 4.79 Å². The number of ketones is 1. The Morgan fingerprint density at radius 2 is 2.13 bits per heavy atom. The highest BCUT2D eigenvalue weighted by Crippen LogP contribution is 2.34. The maximum atomic E-state index is 11.5. The number of hydrogen-bond acceptors (Lipinski definition) is 2. The monoisotopic (exact) mass is 260 g/mol. The van der Waals surface area contributed by atoms with Gasteiger partial charge >= 0.3 is 0 Å². The van der Waals surface area contributed by atoms with Gasteiger partial charge in [-0.05, 0) is 31.0 Å². The van der Waals surface area contributed by atoms with E-state index in [0.29, 0.717) is 27.5 Å². The van der Waals surface area contributed by atoms with Crippen molar-refractivity contribution >= 4 is 40.7 Å². The minimum atomic E-state index is 0.323. The van der Waals surface area contributed by atoms with Gasteiger partial charge in [0.25, 0.3) is 0 Å². The van der Waals surface area contributed by atoms with Crippen LogP contribution in [0, 0.1) is 5.92 Å². The molecule has 0 amide bonds. The summed E-state index contributed by atoms with van der Waals surface area (Å²) >= 11 is 13.3. The van der Waals surface area contributed by atoms with E-state index < -0.39 is 0 Å². The number of hydrogen-bond donors (Lipinski definition) is 0. The first kappa shape index (κ1) is 11.3. The largest absolute Gasteiger partial charge is 0.298 e. The zero-order valence-corrected chi connectivity index (χ0v) is 10.3. The van der Waals surface area contributed by atoms with Gasteiger partial charge in [0.2, 0.25) is 0 Å². The van der Waals surface area contributed by atoms with Gasteiger partial charge in [-0.15, -0.1) is 11.8 Å². The molecule has 0 heterocycles. The summed E-state index contributed by atoms with van der Waals surface area (Å²) in [5, 5.41) is 1.24. The Morgan fingerprint density at radius 3 is 2.73 bits per heavy atom. The van der Waals surface area contributed by atoms with Crippen LogP contribution in [0.5, 0.6) is 0 Å². The lowest BCUT2D eigenvalue weighted by molar-refractivity contribution is -0.117. The van der Waals surface area contributed by atoms with Gasteiger partial charge in [0.1, 0.15) is 5.78 Å². The summed E-state index contributed by atoms with van der Waals surface area (Å²) in [5.41, 5.74) is 0. The third-order valence-corrected chi connectivity index (χ3v) is 4.05. The third-order valence-electron chi connectivity index (χ3n) is 2.30. The van der Waals surface area contributed by atoms with Crippen molar-refractivity contribution in [3.63, 3.8) is 0 Å². The molecule has 1 aromatic carbocycles. The fourth-order valence-electron chi connectivity index (χ4n) is 1.26. The maximum absolute atomic E-state index is 11.5. The Hall–Kier alpha value is -0.180. The second kappa shape index (κ2) is 4.77. The lowest BCUT2D eigenvalue weighted by Gasteiger charge is -2.03. The van der Waals surface area contributed by atoms with Crippen LogP contribution in [0.3, 0.4) is 0 Å². The molecule has 80 valence electrons. The Morgan fingerprint density at radius 1 is 1.40 bits per heavy atom. The lowest BCUT2D eigenvalue weighted by atomic mass is 10.3. The molecule has 0 aliphatic heterocycles. The fraction of sp³-hybridized carbons (Fsp3) is 0.364. The molecule has 0 bridgehead atoms. The van der Waals surface area contributed by atoms with Crippen LogP contribution in [0.2, 0.25) is 10.0 Å². The number of carbonyl (C=O) groups excluding carboxylic acids is 1. The molecule has 0 saturated heterocycles. The molecule has 0 radical (unpaired) electrons. The molecular formula is C11H10Cl2OS. The predicted molar refractivity (Wildman–Crippen MR) is 64.9 cm³/mol. The highest BCUT2D eigenvalue weighted by Gasteiger charge is 2.29. The first-order valence-electron chi connectivity index (χ1n) is 4.77. The number of carbonyl (C=O) groups is 1. The highest BCUT2D eigenvalue weighted by molar-refractivity contribution is 8.00. The van der Waals surface area contributed by atoms with Gasteiger partial charge in [0.05, 0.1) is 10.8 Å². The van der Waals surface area contributed by atoms with E-state index in [1.807, 2.05) is 6.07 Å². The van der Waals surface area contributed by atoms with E-state index >= 15 is 0 Å². The minimum Gasteiger partial charge on any atom is -0.298 e. The van der Waals surface area contributed by atoms with Crippen LogP contribution in [0.15, 0.2) is 23.1 Å². The molecule has 0 N–H and O–H groups in total. The van der Waals surface area contributed by atoms with Crippen molar-refractivity contribution in [3.05, 3.63) is 28.2 Å². The van der Waals surface area contributed by atoms with E-state index in [1.54, 1.807) is 12.1 Å². The molecule has 1 aliphatic rings. The van der Waals surface area contributed by atoms with Gasteiger partial charge in [-0.2, -0.15) is 0 Å². The normalized spacial score (nSPS) is 15.3. The highest BCUT2D eigenvalue weighted by atomic mass is 35.5. The van der Waals surface area contributed by atoms with E-state index in [9.17, 15) is 4.79 Å². The standard InChI is InChI=1S/C11H10Cl2OS/c12-8-3-4-11(9(13)5-8)15-6-10(14)7-1-2-7/h3-5,7H,1-2,6H2. The van der Waals surface area contributed by atoms with E-state index in [0.717, 1.165) is 17.7 Å². The molecule has 2 rings (SSSR count). The van der Waals surface area contributed by atoms with Crippen LogP contribution in [-0.2, 0) is 4.79 Å². The van der Waals surface area contributed by atoms with Crippen LogP contribution >= 0.6 is 35.0 Å². The van der Waals surface area contributed by atoms with Gasteiger partial charge < -0.3 is 0 Å². The van der Waals surface area contributed by atoms with E-state index in [4.69, 9.17) is 23.2 Å². The van der Waals surface area contributed by atoms with Crippen molar-refractivity contribution in [3.8, 4) is 0 Å². The second-order valence-corrected chi connectivity index (χ2v) is 5.46. The second-order valence-electron chi connectivity index (χ2n) is 3.60. The molecule has 0 unspecified atom stereocenters.